The van der Waals surface area contributed by atoms with E-state index in [0.29, 0.717) is 4.47 Å². The van der Waals surface area contributed by atoms with E-state index in [-0.39, 0.29) is 49.4 Å². The molecule has 3 rings (SSSR count). The number of pyridine rings is 1. The lowest BCUT2D eigenvalue weighted by molar-refractivity contribution is 0.0771. The van der Waals surface area contributed by atoms with Gasteiger partial charge in [0.15, 0.2) is 11.6 Å². The van der Waals surface area contributed by atoms with Crippen LogP contribution in [0.5, 0.6) is 0 Å². The number of carbonyl (C=O) groups excluding carboxylic acids is 1. The molecular weight excluding hydrogens is 470 g/mol. The maximum atomic E-state index is 15.2. The van der Waals surface area contributed by atoms with E-state index in [9.17, 15) is 14.0 Å². The topological polar surface area (TPSA) is 74.3 Å². The van der Waals surface area contributed by atoms with E-state index in [4.69, 9.17) is 10.5 Å². The molecule has 0 spiro atoms. The summed E-state index contributed by atoms with van der Waals surface area (Å²) in [6, 6.07) is 13.3. The highest BCUT2D eigenvalue weighted by Crippen LogP contribution is 2.22. The Morgan fingerprint density at radius 1 is 1.13 bits per heavy atom. The smallest absolute Gasteiger partial charge is 0.287 e. The summed E-state index contributed by atoms with van der Waals surface area (Å²) >= 11 is 3.17. The van der Waals surface area contributed by atoms with Gasteiger partial charge in [0.2, 0.25) is 0 Å². The number of nitrogens with two attached hydrogens (primary N) is 1. The van der Waals surface area contributed by atoms with Crippen LogP contribution in [-0.2, 0) is 17.7 Å². The Kier molecular flexibility index (Phi) is 7.84. The van der Waals surface area contributed by atoms with Crippen molar-refractivity contribution >= 4 is 21.7 Å². The van der Waals surface area contributed by atoms with Crippen LogP contribution in [0.2, 0.25) is 0 Å². The molecule has 0 saturated carbocycles. The van der Waals surface area contributed by atoms with Gasteiger partial charge < -0.3 is 15.0 Å². The van der Waals surface area contributed by atoms with Crippen molar-refractivity contribution in [3.63, 3.8) is 0 Å². The molecule has 0 amide bonds. The van der Waals surface area contributed by atoms with Crippen molar-refractivity contribution in [1.82, 2.24) is 4.57 Å². The Balaban J connectivity index is 2.05. The number of nitrogens with zero attached hydrogens (tertiary/aromatic N) is 1. The molecule has 2 aromatic carbocycles. The second kappa shape index (κ2) is 10.6. The van der Waals surface area contributed by atoms with Crippen LogP contribution in [0.25, 0.3) is 0 Å². The first kappa shape index (κ1) is 23.0. The monoisotopic (exact) mass is 490 g/mol. The molecule has 8 heteroatoms. The van der Waals surface area contributed by atoms with Gasteiger partial charge in [-0.25, -0.2) is 8.78 Å². The van der Waals surface area contributed by atoms with E-state index in [1.165, 1.54) is 18.3 Å². The Labute approximate surface area is 186 Å². The molecule has 0 bridgehead atoms. The molecular formula is C23H21BrF2N2O3. The maximum Gasteiger partial charge on any atom is 0.287 e. The Morgan fingerprint density at radius 2 is 1.87 bits per heavy atom. The summed E-state index contributed by atoms with van der Waals surface area (Å²) in [5.41, 5.74) is 5.26. The standard InChI is InChI=1S/C23H21BrF2N2O3/c24-17-7-6-16(20(25)11-17)10-18-19(21(29)14-31-9-8-27)13-28(23(30)22(18)26)12-15-4-2-1-3-5-15/h1-7,11,13H,8-10,12,14,27H2. The second-order valence-electron chi connectivity index (χ2n) is 6.93. The third-order valence-electron chi connectivity index (χ3n) is 4.70. The molecule has 1 heterocycles. The predicted molar refractivity (Wildman–Crippen MR) is 117 cm³/mol. The number of halogens is 3. The summed E-state index contributed by atoms with van der Waals surface area (Å²) in [4.78, 5) is 25.5. The van der Waals surface area contributed by atoms with Gasteiger partial charge in [0, 0.05) is 34.8 Å². The van der Waals surface area contributed by atoms with E-state index < -0.39 is 23.0 Å². The number of Topliss-reactive ketones (excluding diaryl/α,β-unsaturated/α-hetero) is 1. The van der Waals surface area contributed by atoms with Crippen molar-refractivity contribution in [3.05, 3.63) is 103 Å². The third-order valence-corrected chi connectivity index (χ3v) is 5.19. The van der Waals surface area contributed by atoms with Crippen LogP contribution in [-0.4, -0.2) is 30.1 Å². The molecule has 162 valence electrons. The van der Waals surface area contributed by atoms with Gasteiger partial charge in [0.25, 0.3) is 5.56 Å². The molecule has 2 N–H and O–H groups in total. The van der Waals surface area contributed by atoms with Crippen molar-refractivity contribution in [1.29, 1.82) is 0 Å². The summed E-state index contributed by atoms with van der Waals surface area (Å²) in [6.07, 6.45) is 1.07. The first-order chi connectivity index (χ1) is 14.9. The van der Waals surface area contributed by atoms with Gasteiger partial charge in [-0.15, -0.1) is 0 Å². The minimum absolute atomic E-state index is 0.0210. The lowest BCUT2D eigenvalue weighted by atomic mass is 9.98. The van der Waals surface area contributed by atoms with Crippen molar-refractivity contribution in [2.45, 2.75) is 13.0 Å². The molecule has 0 unspecified atom stereocenters. The van der Waals surface area contributed by atoms with Crippen molar-refractivity contribution in [2.75, 3.05) is 19.8 Å². The number of rotatable bonds is 9. The summed E-state index contributed by atoms with van der Waals surface area (Å²) in [5.74, 6) is -2.16. The molecule has 0 aliphatic carbocycles. The first-order valence-electron chi connectivity index (χ1n) is 9.61. The molecule has 0 radical (unpaired) electrons. The van der Waals surface area contributed by atoms with Gasteiger partial charge in [-0.05, 0) is 23.3 Å². The highest BCUT2D eigenvalue weighted by atomic mass is 79.9. The molecule has 0 fully saturated rings. The van der Waals surface area contributed by atoms with Crippen LogP contribution >= 0.6 is 15.9 Å². The zero-order valence-corrected chi connectivity index (χ0v) is 18.2. The number of benzene rings is 2. The van der Waals surface area contributed by atoms with E-state index in [0.717, 1.165) is 10.1 Å². The van der Waals surface area contributed by atoms with Crippen LogP contribution in [0.4, 0.5) is 8.78 Å². The zero-order chi connectivity index (χ0) is 22.4. The largest absolute Gasteiger partial charge is 0.372 e. The molecule has 3 aromatic rings. The number of ketones is 1. The van der Waals surface area contributed by atoms with Gasteiger partial charge in [0.1, 0.15) is 12.4 Å². The molecule has 31 heavy (non-hydrogen) atoms. The first-order valence-corrected chi connectivity index (χ1v) is 10.4. The molecule has 0 saturated heterocycles. The Morgan fingerprint density at radius 3 is 2.55 bits per heavy atom. The van der Waals surface area contributed by atoms with Crippen molar-refractivity contribution < 1.29 is 18.3 Å². The van der Waals surface area contributed by atoms with Crippen molar-refractivity contribution in [2.24, 2.45) is 5.73 Å². The maximum absolute atomic E-state index is 15.2. The third kappa shape index (κ3) is 5.72. The van der Waals surface area contributed by atoms with Crippen LogP contribution in [0.1, 0.15) is 27.0 Å². The van der Waals surface area contributed by atoms with Crippen LogP contribution in [0, 0.1) is 11.6 Å². The van der Waals surface area contributed by atoms with Crippen LogP contribution in [0.15, 0.2) is 64.0 Å². The lowest BCUT2D eigenvalue weighted by Gasteiger charge is -2.15. The fourth-order valence-electron chi connectivity index (χ4n) is 3.16. The minimum atomic E-state index is -1.08. The average molecular weight is 491 g/mol. The normalized spacial score (nSPS) is 11.0. The van der Waals surface area contributed by atoms with Crippen LogP contribution in [0.3, 0.4) is 0 Å². The number of aromatic nitrogens is 1. The van der Waals surface area contributed by atoms with E-state index in [2.05, 4.69) is 15.9 Å². The SMILES string of the molecule is NCCOCC(=O)c1cn(Cc2ccccc2)c(=O)c(F)c1Cc1ccc(Br)cc1F. The fraction of sp³-hybridized carbons (Fsp3) is 0.217. The molecule has 0 aliphatic rings. The van der Waals surface area contributed by atoms with Gasteiger partial charge in [-0.3, -0.25) is 9.59 Å². The summed E-state index contributed by atoms with van der Waals surface area (Å²) in [6.45, 7) is 0.157. The van der Waals surface area contributed by atoms with E-state index >= 15 is 4.39 Å². The lowest BCUT2D eigenvalue weighted by Crippen LogP contribution is -2.29. The fourth-order valence-corrected chi connectivity index (χ4v) is 3.49. The molecule has 5 nitrogen and oxygen atoms in total. The van der Waals surface area contributed by atoms with Crippen molar-refractivity contribution in [3.8, 4) is 0 Å². The summed E-state index contributed by atoms with van der Waals surface area (Å²) < 4.78 is 36.4. The Bertz CT molecular complexity index is 1130. The van der Waals surface area contributed by atoms with Gasteiger partial charge in [-0.2, -0.15) is 0 Å². The van der Waals surface area contributed by atoms with Crippen LogP contribution < -0.4 is 11.3 Å². The van der Waals surface area contributed by atoms with Gasteiger partial charge in [0.05, 0.1) is 13.2 Å². The van der Waals surface area contributed by atoms with E-state index in [1.807, 2.05) is 6.07 Å². The predicted octanol–water partition coefficient (Wildman–Crippen LogP) is 3.69. The minimum Gasteiger partial charge on any atom is -0.372 e. The number of carbonyl (C=O) groups is 1. The summed E-state index contributed by atoms with van der Waals surface area (Å²) in [5, 5.41) is 0. The molecule has 0 atom stereocenters. The highest BCUT2D eigenvalue weighted by molar-refractivity contribution is 9.10. The number of ether oxygens (including phenoxy) is 1. The van der Waals surface area contributed by atoms with Gasteiger partial charge in [-0.1, -0.05) is 52.3 Å². The quantitative estimate of drug-likeness (QED) is 0.366. The zero-order valence-electron chi connectivity index (χ0n) is 16.6. The second-order valence-corrected chi connectivity index (χ2v) is 7.85. The Hall–Kier alpha value is -2.68. The average Bonchev–Trinajstić information content (AvgIpc) is 2.75. The number of hydrogen-bond donors (Lipinski definition) is 1. The van der Waals surface area contributed by atoms with Gasteiger partial charge >= 0.3 is 0 Å². The molecule has 1 aromatic heterocycles. The highest BCUT2D eigenvalue weighted by Gasteiger charge is 2.22. The summed E-state index contributed by atoms with van der Waals surface area (Å²) in [7, 11) is 0. The molecule has 0 aliphatic heterocycles. The van der Waals surface area contributed by atoms with E-state index in [1.54, 1.807) is 30.3 Å². The number of hydrogen-bond acceptors (Lipinski definition) is 4.